The summed E-state index contributed by atoms with van der Waals surface area (Å²) in [4.78, 5) is 17.5. The molecule has 1 saturated carbocycles. The Labute approximate surface area is 156 Å². The van der Waals surface area contributed by atoms with E-state index in [4.69, 9.17) is 4.74 Å². The highest BCUT2D eigenvalue weighted by Gasteiger charge is 2.28. The third kappa shape index (κ3) is 4.29. The lowest BCUT2D eigenvalue weighted by molar-refractivity contribution is 0.0223. The van der Waals surface area contributed by atoms with Crippen molar-refractivity contribution in [2.24, 2.45) is 5.92 Å². The Hall–Kier alpha value is -1.40. The second-order valence-electron chi connectivity index (χ2n) is 8.22. The van der Waals surface area contributed by atoms with Crippen LogP contribution in [0.3, 0.4) is 0 Å². The fourth-order valence-electron chi connectivity index (χ4n) is 4.78. The molecule has 1 amide bonds. The number of likely N-dealkylation sites (tertiary alicyclic amines) is 1. The molecule has 0 bridgehead atoms. The summed E-state index contributed by atoms with van der Waals surface area (Å²) < 4.78 is 5.44. The Morgan fingerprint density at radius 1 is 1.12 bits per heavy atom. The first-order valence-corrected chi connectivity index (χ1v) is 10.4. The highest BCUT2D eigenvalue weighted by atomic mass is 16.5. The van der Waals surface area contributed by atoms with Crippen LogP contribution in [0.1, 0.15) is 67.0 Å². The average molecular weight is 361 g/mol. The SMILES string of the molecule is O=C(c1cc(C2CCCCC2)[nH]n1)N1CCC[C@H](CN2CCOCC2)C1. The average Bonchev–Trinajstić information content (AvgIpc) is 3.19. The van der Waals surface area contributed by atoms with Crippen LogP contribution in [0, 0.1) is 5.92 Å². The Kier molecular flexibility index (Phi) is 5.90. The fraction of sp³-hybridized carbons (Fsp3) is 0.800. The van der Waals surface area contributed by atoms with Gasteiger partial charge in [0.15, 0.2) is 0 Å². The van der Waals surface area contributed by atoms with Crippen molar-refractivity contribution in [1.29, 1.82) is 0 Å². The monoisotopic (exact) mass is 360 g/mol. The number of aromatic amines is 1. The van der Waals surface area contributed by atoms with E-state index in [1.54, 1.807) is 0 Å². The van der Waals surface area contributed by atoms with Crippen LogP contribution in [0.15, 0.2) is 6.07 Å². The molecule has 0 spiro atoms. The van der Waals surface area contributed by atoms with Gasteiger partial charge in [-0.05, 0) is 37.7 Å². The number of nitrogens with zero attached hydrogens (tertiary/aromatic N) is 3. The topological polar surface area (TPSA) is 61.5 Å². The lowest BCUT2D eigenvalue weighted by Crippen LogP contribution is -2.46. The zero-order valence-electron chi connectivity index (χ0n) is 15.8. The van der Waals surface area contributed by atoms with E-state index in [2.05, 4.69) is 15.1 Å². The standard InChI is InChI=1S/C20H32N4O2/c25-20(19-13-18(21-22-19)17-6-2-1-3-7-17)24-8-4-5-16(15-24)14-23-9-11-26-12-10-23/h13,16-17H,1-12,14-15H2,(H,21,22)/t16-/m1/s1. The highest BCUT2D eigenvalue weighted by Crippen LogP contribution is 2.32. The molecule has 2 saturated heterocycles. The summed E-state index contributed by atoms with van der Waals surface area (Å²) in [6, 6.07) is 2.02. The molecule has 3 fully saturated rings. The van der Waals surface area contributed by atoms with E-state index >= 15 is 0 Å². The van der Waals surface area contributed by atoms with Gasteiger partial charge in [-0.2, -0.15) is 5.10 Å². The molecule has 1 aliphatic carbocycles. The summed E-state index contributed by atoms with van der Waals surface area (Å²) in [6.07, 6.45) is 8.69. The first-order valence-electron chi connectivity index (χ1n) is 10.4. The van der Waals surface area contributed by atoms with Gasteiger partial charge in [-0.3, -0.25) is 14.8 Å². The Bertz CT molecular complexity index is 590. The van der Waals surface area contributed by atoms with Gasteiger partial charge in [0.05, 0.1) is 13.2 Å². The van der Waals surface area contributed by atoms with E-state index < -0.39 is 0 Å². The molecule has 4 rings (SSSR count). The third-order valence-electron chi connectivity index (χ3n) is 6.29. The van der Waals surface area contributed by atoms with E-state index in [9.17, 15) is 4.79 Å². The molecular formula is C20H32N4O2. The highest BCUT2D eigenvalue weighted by molar-refractivity contribution is 5.92. The number of morpholine rings is 1. The molecule has 1 aromatic heterocycles. The quantitative estimate of drug-likeness (QED) is 0.897. The van der Waals surface area contributed by atoms with Crippen LogP contribution in [-0.4, -0.2) is 71.8 Å². The smallest absolute Gasteiger partial charge is 0.274 e. The predicted molar refractivity (Wildman–Crippen MR) is 100 cm³/mol. The van der Waals surface area contributed by atoms with Gasteiger partial charge >= 0.3 is 0 Å². The number of ether oxygens (including phenoxy) is 1. The number of piperidine rings is 1. The summed E-state index contributed by atoms with van der Waals surface area (Å²) >= 11 is 0. The van der Waals surface area contributed by atoms with Gasteiger partial charge in [0.25, 0.3) is 5.91 Å². The second kappa shape index (κ2) is 8.53. The molecule has 26 heavy (non-hydrogen) atoms. The Morgan fingerprint density at radius 2 is 1.92 bits per heavy atom. The summed E-state index contributed by atoms with van der Waals surface area (Å²) in [5.74, 6) is 1.24. The van der Waals surface area contributed by atoms with E-state index in [1.807, 2.05) is 11.0 Å². The maximum atomic E-state index is 12.9. The predicted octanol–water partition coefficient (Wildman–Crippen LogP) is 2.64. The first-order chi connectivity index (χ1) is 12.8. The molecule has 1 N–H and O–H groups in total. The van der Waals surface area contributed by atoms with E-state index in [0.29, 0.717) is 17.5 Å². The molecule has 0 radical (unpaired) electrons. The van der Waals surface area contributed by atoms with Gasteiger partial charge in [0.1, 0.15) is 5.69 Å². The fourth-order valence-corrected chi connectivity index (χ4v) is 4.78. The Balaban J connectivity index is 1.34. The lowest BCUT2D eigenvalue weighted by Gasteiger charge is -2.36. The van der Waals surface area contributed by atoms with Crippen molar-refractivity contribution in [2.45, 2.75) is 50.9 Å². The second-order valence-corrected chi connectivity index (χ2v) is 8.22. The van der Waals surface area contributed by atoms with Crippen LogP contribution >= 0.6 is 0 Å². The van der Waals surface area contributed by atoms with Crippen molar-refractivity contribution in [3.63, 3.8) is 0 Å². The molecule has 144 valence electrons. The molecular weight excluding hydrogens is 328 g/mol. The van der Waals surface area contributed by atoms with E-state index in [-0.39, 0.29) is 5.91 Å². The van der Waals surface area contributed by atoms with Gasteiger partial charge in [0, 0.05) is 44.3 Å². The van der Waals surface area contributed by atoms with E-state index in [1.165, 1.54) is 38.5 Å². The Morgan fingerprint density at radius 3 is 2.73 bits per heavy atom. The van der Waals surface area contributed by atoms with Crippen molar-refractivity contribution < 1.29 is 9.53 Å². The van der Waals surface area contributed by atoms with Gasteiger partial charge in [-0.25, -0.2) is 0 Å². The molecule has 3 heterocycles. The van der Waals surface area contributed by atoms with Crippen LogP contribution in [0.5, 0.6) is 0 Å². The van der Waals surface area contributed by atoms with Gasteiger partial charge in [-0.1, -0.05) is 19.3 Å². The van der Waals surface area contributed by atoms with Gasteiger partial charge in [0.2, 0.25) is 0 Å². The minimum Gasteiger partial charge on any atom is -0.379 e. The molecule has 6 heteroatoms. The van der Waals surface area contributed by atoms with E-state index in [0.717, 1.165) is 58.1 Å². The largest absolute Gasteiger partial charge is 0.379 e. The number of aromatic nitrogens is 2. The summed E-state index contributed by atoms with van der Waals surface area (Å²) in [7, 11) is 0. The van der Waals surface area contributed by atoms with Crippen LogP contribution in [0.25, 0.3) is 0 Å². The van der Waals surface area contributed by atoms with Crippen molar-refractivity contribution in [1.82, 2.24) is 20.0 Å². The minimum atomic E-state index is 0.106. The normalized spacial score (nSPS) is 26.2. The number of hydrogen-bond acceptors (Lipinski definition) is 4. The summed E-state index contributed by atoms with van der Waals surface area (Å²) in [5, 5.41) is 7.52. The number of rotatable bonds is 4. The van der Waals surface area contributed by atoms with Crippen molar-refractivity contribution in [3.05, 3.63) is 17.5 Å². The molecule has 6 nitrogen and oxygen atoms in total. The number of nitrogens with one attached hydrogen (secondary N) is 1. The maximum Gasteiger partial charge on any atom is 0.274 e. The number of hydrogen-bond donors (Lipinski definition) is 1. The van der Waals surface area contributed by atoms with Gasteiger partial charge < -0.3 is 9.64 Å². The van der Waals surface area contributed by atoms with Crippen LogP contribution in [0.4, 0.5) is 0 Å². The maximum absolute atomic E-state index is 12.9. The van der Waals surface area contributed by atoms with Gasteiger partial charge in [-0.15, -0.1) is 0 Å². The zero-order valence-corrected chi connectivity index (χ0v) is 15.8. The minimum absolute atomic E-state index is 0.106. The summed E-state index contributed by atoms with van der Waals surface area (Å²) in [5.41, 5.74) is 1.77. The first kappa shape index (κ1) is 18.0. The molecule has 1 atom stereocenters. The lowest BCUT2D eigenvalue weighted by atomic mass is 9.87. The third-order valence-corrected chi connectivity index (χ3v) is 6.29. The van der Waals surface area contributed by atoms with Crippen LogP contribution in [-0.2, 0) is 4.74 Å². The number of amides is 1. The molecule has 0 aromatic carbocycles. The zero-order chi connectivity index (χ0) is 17.8. The summed E-state index contributed by atoms with van der Waals surface area (Å²) in [6.45, 7) is 6.54. The molecule has 3 aliphatic rings. The molecule has 2 aliphatic heterocycles. The van der Waals surface area contributed by atoms with Crippen LogP contribution in [0.2, 0.25) is 0 Å². The van der Waals surface area contributed by atoms with Crippen molar-refractivity contribution >= 4 is 5.91 Å². The number of carbonyl (C=O) groups excluding carboxylic acids is 1. The van der Waals surface area contributed by atoms with Crippen molar-refractivity contribution in [3.8, 4) is 0 Å². The molecule has 1 aromatic rings. The van der Waals surface area contributed by atoms with Crippen LogP contribution < -0.4 is 0 Å². The number of H-pyrrole nitrogens is 1. The van der Waals surface area contributed by atoms with Crippen molar-refractivity contribution in [2.75, 3.05) is 45.9 Å². The molecule has 0 unspecified atom stereocenters. The number of carbonyl (C=O) groups is 1.